The molecule has 4 aliphatic heterocycles. The molecule has 1 N–H and O–H groups in total. The summed E-state index contributed by atoms with van der Waals surface area (Å²) >= 11 is 0. The Morgan fingerprint density at radius 2 is 1.29 bits per heavy atom. The second-order valence-electron chi connectivity index (χ2n) is 6.13. The molecule has 0 amide bonds. The highest BCUT2D eigenvalue weighted by Crippen LogP contribution is 2.46. The number of aliphatic hydroxyl groups is 1. The van der Waals surface area contributed by atoms with Crippen LogP contribution in [-0.2, 0) is 0 Å². The highest BCUT2D eigenvalue weighted by molar-refractivity contribution is 5.09. The zero-order valence-corrected chi connectivity index (χ0v) is 9.16. The van der Waals surface area contributed by atoms with Gasteiger partial charge in [0.1, 0.15) is 0 Å². The van der Waals surface area contributed by atoms with Gasteiger partial charge < -0.3 is 14.9 Å². The van der Waals surface area contributed by atoms with E-state index in [0.717, 1.165) is 26.2 Å². The lowest BCUT2D eigenvalue weighted by atomic mass is 9.63. The van der Waals surface area contributed by atoms with Gasteiger partial charge in [-0.15, -0.1) is 0 Å². The summed E-state index contributed by atoms with van der Waals surface area (Å²) in [5.74, 6) is 0. The fraction of sp³-hybridized carbons (Fsp3) is 1.00. The third kappa shape index (κ3) is 1.03. The molecular weight excluding hydrogens is 176 g/mol. The molecule has 0 aromatic heterocycles. The summed E-state index contributed by atoms with van der Waals surface area (Å²) in [4.78, 5) is 5.08. The fourth-order valence-electron chi connectivity index (χ4n) is 4.04. The molecule has 0 aliphatic carbocycles. The average Bonchev–Trinajstić information content (AvgIpc) is 2.28. The number of fused-ring (bicyclic) bond motifs is 1. The van der Waals surface area contributed by atoms with Gasteiger partial charge in [0.25, 0.3) is 0 Å². The summed E-state index contributed by atoms with van der Waals surface area (Å²) in [5.41, 5.74) is 0.226. The maximum absolute atomic E-state index is 10.4. The highest BCUT2D eigenvalue weighted by atomic mass is 16.3. The molecule has 0 unspecified atom stereocenters. The molecule has 0 atom stereocenters. The number of rotatable bonds is 0. The fourth-order valence-corrected chi connectivity index (χ4v) is 4.04. The van der Waals surface area contributed by atoms with Crippen molar-refractivity contribution in [3.63, 3.8) is 0 Å². The van der Waals surface area contributed by atoms with Crippen molar-refractivity contribution < 1.29 is 5.11 Å². The minimum absolute atomic E-state index is 0.111. The summed E-state index contributed by atoms with van der Waals surface area (Å²) in [6.07, 6.45) is -0.111. The molecule has 4 bridgehead atoms. The molecule has 4 fully saturated rings. The van der Waals surface area contributed by atoms with Gasteiger partial charge in [-0.05, 0) is 0 Å². The van der Waals surface area contributed by atoms with Gasteiger partial charge in [0.2, 0.25) is 0 Å². The van der Waals surface area contributed by atoms with E-state index in [9.17, 15) is 5.11 Å². The van der Waals surface area contributed by atoms with E-state index >= 15 is 0 Å². The van der Waals surface area contributed by atoms with Gasteiger partial charge in [-0.25, -0.2) is 0 Å². The molecule has 0 aromatic rings. The van der Waals surface area contributed by atoms with Crippen LogP contribution >= 0.6 is 0 Å². The van der Waals surface area contributed by atoms with Gasteiger partial charge in [-0.2, -0.15) is 0 Å². The van der Waals surface area contributed by atoms with E-state index in [1.165, 1.54) is 13.1 Å². The Bertz CT molecular complexity index is 228. The Labute approximate surface area is 85.7 Å². The Morgan fingerprint density at radius 3 is 1.64 bits per heavy atom. The van der Waals surface area contributed by atoms with Crippen LogP contribution in [0.4, 0.5) is 0 Å². The van der Waals surface area contributed by atoms with Crippen LogP contribution in [0, 0.1) is 10.8 Å². The van der Waals surface area contributed by atoms with Crippen molar-refractivity contribution >= 4 is 0 Å². The second kappa shape index (κ2) is 2.52. The van der Waals surface area contributed by atoms with Gasteiger partial charge in [0, 0.05) is 50.1 Å². The maximum Gasteiger partial charge on any atom is 0.0696 e. The topological polar surface area (TPSA) is 26.7 Å². The van der Waals surface area contributed by atoms with Gasteiger partial charge in [-0.1, -0.05) is 13.8 Å². The third-order valence-corrected chi connectivity index (χ3v) is 4.39. The van der Waals surface area contributed by atoms with E-state index in [1.54, 1.807) is 0 Å². The Balaban J connectivity index is 2.05. The minimum Gasteiger partial charge on any atom is -0.392 e. The van der Waals surface area contributed by atoms with Crippen LogP contribution < -0.4 is 0 Å². The van der Waals surface area contributed by atoms with Crippen molar-refractivity contribution in [1.29, 1.82) is 0 Å². The summed E-state index contributed by atoms with van der Waals surface area (Å²) < 4.78 is 0. The SMILES string of the molecule is CC12CN3CCN(C1)CC(C)(C3)C2O. The molecule has 0 saturated carbocycles. The second-order valence-corrected chi connectivity index (χ2v) is 6.13. The highest BCUT2D eigenvalue weighted by Gasteiger charge is 2.56. The first kappa shape index (κ1) is 9.13. The molecule has 4 aliphatic rings. The number of piperidine rings is 2. The predicted octanol–water partition coefficient (Wildman–Crippen LogP) is 0.00470. The van der Waals surface area contributed by atoms with Crippen molar-refractivity contribution in [2.75, 3.05) is 39.3 Å². The molecule has 4 rings (SSSR count). The number of nitrogens with zero attached hydrogens (tertiary/aromatic N) is 2. The summed E-state index contributed by atoms with van der Waals surface area (Å²) in [6, 6.07) is 0. The van der Waals surface area contributed by atoms with Crippen LogP contribution in [-0.4, -0.2) is 60.3 Å². The Morgan fingerprint density at radius 1 is 0.929 bits per heavy atom. The molecule has 3 nitrogen and oxygen atoms in total. The van der Waals surface area contributed by atoms with Crippen LogP contribution in [0.3, 0.4) is 0 Å². The number of hydrogen-bond acceptors (Lipinski definition) is 3. The van der Waals surface area contributed by atoms with Crippen molar-refractivity contribution in [3.8, 4) is 0 Å². The van der Waals surface area contributed by atoms with E-state index < -0.39 is 0 Å². The van der Waals surface area contributed by atoms with Crippen LogP contribution in [0.25, 0.3) is 0 Å². The quantitative estimate of drug-likeness (QED) is 0.591. The first-order chi connectivity index (χ1) is 6.52. The van der Waals surface area contributed by atoms with E-state index in [-0.39, 0.29) is 16.9 Å². The maximum atomic E-state index is 10.4. The van der Waals surface area contributed by atoms with E-state index in [2.05, 4.69) is 23.6 Å². The summed E-state index contributed by atoms with van der Waals surface area (Å²) in [7, 11) is 0. The molecule has 0 aromatic carbocycles. The molecule has 14 heavy (non-hydrogen) atoms. The molecule has 80 valence electrons. The van der Waals surface area contributed by atoms with Gasteiger partial charge in [0.05, 0.1) is 6.10 Å². The molecule has 0 radical (unpaired) electrons. The molecule has 4 saturated heterocycles. The van der Waals surface area contributed by atoms with Gasteiger partial charge in [0.15, 0.2) is 0 Å². The van der Waals surface area contributed by atoms with E-state index in [1.807, 2.05) is 0 Å². The van der Waals surface area contributed by atoms with Crippen molar-refractivity contribution in [3.05, 3.63) is 0 Å². The van der Waals surface area contributed by atoms with Gasteiger partial charge in [-0.3, -0.25) is 0 Å². The minimum atomic E-state index is -0.111. The van der Waals surface area contributed by atoms with Crippen LogP contribution in [0.15, 0.2) is 0 Å². The van der Waals surface area contributed by atoms with E-state index in [0.29, 0.717) is 0 Å². The first-order valence-electron chi connectivity index (χ1n) is 5.65. The van der Waals surface area contributed by atoms with Crippen molar-refractivity contribution in [2.45, 2.75) is 20.0 Å². The largest absolute Gasteiger partial charge is 0.392 e. The zero-order chi connectivity index (χ0) is 9.97. The number of hydrogen-bond donors (Lipinski definition) is 1. The van der Waals surface area contributed by atoms with Gasteiger partial charge >= 0.3 is 0 Å². The standard InChI is InChI=1S/C11H20N2O/c1-10-5-12-3-4-13(6-10)8-11(2,7-12)9(10)14/h9,14H,3-8H2,1-2H3. The predicted molar refractivity (Wildman–Crippen MR) is 55.1 cm³/mol. The molecule has 0 spiro atoms. The monoisotopic (exact) mass is 196 g/mol. The number of aliphatic hydroxyl groups excluding tert-OH is 1. The molecule has 3 heteroatoms. The van der Waals surface area contributed by atoms with E-state index in [4.69, 9.17) is 0 Å². The zero-order valence-electron chi connectivity index (χ0n) is 9.16. The molecular formula is C11H20N2O. The first-order valence-corrected chi connectivity index (χ1v) is 5.65. The Hall–Kier alpha value is -0.120. The third-order valence-electron chi connectivity index (χ3n) is 4.39. The summed E-state index contributed by atoms with van der Waals surface area (Å²) in [5, 5.41) is 10.4. The summed E-state index contributed by atoms with van der Waals surface area (Å²) in [6.45, 7) is 11.2. The lowest BCUT2D eigenvalue weighted by Gasteiger charge is -2.57. The smallest absolute Gasteiger partial charge is 0.0696 e. The normalized spacial score (nSPS) is 61.5. The van der Waals surface area contributed by atoms with Crippen LogP contribution in [0.2, 0.25) is 0 Å². The van der Waals surface area contributed by atoms with Crippen molar-refractivity contribution in [1.82, 2.24) is 9.80 Å². The lowest BCUT2D eigenvalue weighted by Crippen LogP contribution is -2.67. The Kier molecular flexibility index (Phi) is 1.64. The van der Waals surface area contributed by atoms with Crippen molar-refractivity contribution in [2.24, 2.45) is 10.8 Å². The van der Waals surface area contributed by atoms with Crippen LogP contribution in [0.1, 0.15) is 13.8 Å². The lowest BCUT2D eigenvalue weighted by molar-refractivity contribution is -0.153. The average molecular weight is 196 g/mol. The van der Waals surface area contributed by atoms with Crippen LogP contribution in [0.5, 0.6) is 0 Å². The molecule has 4 heterocycles.